The number of hydrogen-bond acceptors (Lipinski definition) is 4. The van der Waals surface area contributed by atoms with Crippen molar-refractivity contribution in [1.82, 2.24) is 14.7 Å². The monoisotopic (exact) mass is 457 g/mol. The van der Waals surface area contributed by atoms with Crippen LogP contribution in [0.4, 0.5) is 13.2 Å². The van der Waals surface area contributed by atoms with Gasteiger partial charge in [0.15, 0.2) is 0 Å². The molecule has 5 rings (SSSR count). The fourth-order valence-corrected chi connectivity index (χ4v) is 5.05. The van der Waals surface area contributed by atoms with E-state index in [-0.39, 0.29) is 40.5 Å². The SMILES string of the molecule is Cn1cc(-c2cc(C(=O)N3CCC[C@@H]3CO)cc3c2-c2ccccc2C3(O)C(F)(F)F)cn1. The number of aromatic nitrogens is 2. The Bertz CT molecular complexity index is 1250. The van der Waals surface area contributed by atoms with E-state index in [1.807, 2.05) is 0 Å². The first kappa shape index (κ1) is 21.7. The number of hydrogen-bond donors (Lipinski definition) is 2. The van der Waals surface area contributed by atoms with E-state index in [1.54, 1.807) is 31.4 Å². The van der Waals surface area contributed by atoms with Crippen LogP contribution in [-0.4, -0.2) is 56.2 Å². The fourth-order valence-electron chi connectivity index (χ4n) is 5.05. The molecule has 0 radical (unpaired) electrons. The smallest absolute Gasteiger partial charge is 0.394 e. The number of likely N-dealkylation sites (tertiary alicyclic amines) is 1. The molecule has 33 heavy (non-hydrogen) atoms. The van der Waals surface area contributed by atoms with Gasteiger partial charge in [-0.1, -0.05) is 24.3 Å². The van der Waals surface area contributed by atoms with Crippen LogP contribution in [0.5, 0.6) is 0 Å². The Morgan fingerprint density at radius 3 is 2.64 bits per heavy atom. The molecule has 1 unspecified atom stereocenters. The van der Waals surface area contributed by atoms with Gasteiger partial charge in [-0.05, 0) is 41.7 Å². The van der Waals surface area contributed by atoms with Gasteiger partial charge in [-0.15, -0.1) is 0 Å². The first-order valence-corrected chi connectivity index (χ1v) is 10.6. The van der Waals surface area contributed by atoms with E-state index in [2.05, 4.69) is 5.10 Å². The summed E-state index contributed by atoms with van der Waals surface area (Å²) in [7, 11) is 1.69. The van der Waals surface area contributed by atoms with Crippen molar-refractivity contribution >= 4 is 5.91 Å². The van der Waals surface area contributed by atoms with Crippen LogP contribution in [0.15, 0.2) is 48.8 Å². The number of aliphatic hydroxyl groups is 2. The van der Waals surface area contributed by atoms with Gasteiger partial charge in [0.25, 0.3) is 5.91 Å². The van der Waals surface area contributed by atoms with Crippen molar-refractivity contribution in [2.24, 2.45) is 7.05 Å². The third-order valence-corrected chi connectivity index (χ3v) is 6.64. The molecule has 3 aromatic rings. The maximum absolute atomic E-state index is 14.4. The predicted molar refractivity (Wildman–Crippen MR) is 114 cm³/mol. The van der Waals surface area contributed by atoms with Gasteiger partial charge in [-0.3, -0.25) is 9.48 Å². The molecule has 1 aliphatic carbocycles. The molecule has 1 amide bonds. The maximum atomic E-state index is 14.4. The van der Waals surface area contributed by atoms with Crippen LogP contribution in [0.25, 0.3) is 22.3 Å². The molecule has 1 fully saturated rings. The summed E-state index contributed by atoms with van der Waals surface area (Å²) in [5, 5.41) is 24.9. The van der Waals surface area contributed by atoms with Crippen molar-refractivity contribution in [2.75, 3.05) is 13.2 Å². The first-order chi connectivity index (χ1) is 15.7. The Kier molecular flexibility index (Phi) is 4.88. The highest BCUT2D eigenvalue weighted by atomic mass is 19.4. The van der Waals surface area contributed by atoms with Gasteiger partial charge in [-0.2, -0.15) is 18.3 Å². The van der Waals surface area contributed by atoms with E-state index in [0.29, 0.717) is 30.5 Å². The van der Waals surface area contributed by atoms with E-state index >= 15 is 0 Å². The molecule has 2 atom stereocenters. The quantitative estimate of drug-likeness (QED) is 0.632. The normalized spacial score (nSPS) is 21.9. The summed E-state index contributed by atoms with van der Waals surface area (Å²) in [5.74, 6) is -0.472. The second kappa shape index (κ2) is 7.43. The Hall–Kier alpha value is -3.17. The minimum atomic E-state index is -5.01. The highest BCUT2D eigenvalue weighted by Gasteiger charge is 2.61. The number of nitrogens with zero attached hydrogens (tertiary/aromatic N) is 3. The third kappa shape index (κ3) is 3.10. The van der Waals surface area contributed by atoms with Crippen molar-refractivity contribution in [2.45, 2.75) is 30.7 Å². The lowest BCUT2D eigenvalue weighted by Gasteiger charge is -2.29. The number of halogens is 3. The largest absolute Gasteiger partial charge is 0.425 e. The van der Waals surface area contributed by atoms with Crippen LogP contribution >= 0.6 is 0 Å². The van der Waals surface area contributed by atoms with Crippen molar-refractivity contribution in [3.05, 3.63) is 65.5 Å². The number of carbonyl (C=O) groups excluding carboxylic acids is 1. The number of benzene rings is 2. The number of carbonyl (C=O) groups is 1. The molecule has 1 aromatic heterocycles. The Labute approximate surface area is 187 Å². The number of rotatable bonds is 3. The Morgan fingerprint density at radius 2 is 1.97 bits per heavy atom. The van der Waals surface area contributed by atoms with Gasteiger partial charge in [0, 0.05) is 42.0 Å². The van der Waals surface area contributed by atoms with Gasteiger partial charge in [0.05, 0.1) is 18.8 Å². The van der Waals surface area contributed by atoms with Crippen LogP contribution in [0.3, 0.4) is 0 Å². The Balaban J connectivity index is 1.80. The van der Waals surface area contributed by atoms with Crippen LogP contribution in [-0.2, 0) is 12.6 Å². The average molecular weight is 457 g/mol. The molecule has 1 saturated heterocycles. The molecular formula is C24H22F3N3O3. The van der Waals surface area contributed by atoms with Crippen LogP contribution in [0.2, 0.25) is 0 Å². The van der Waals surface area contributed by atoms with E-state index in [1.165, 1.54) is 27.9 Å². The van der Waals surface area contributed by atoms with E-state index in [4.69, 9.17) is 0 Å². The molecule has 2 N–H and O–H groups in total. The summed E-state index contributed by atoms with van der Waals surface area (Å²) >= 11 is 0. The summed E-state index contributed by atoms with van der Waals surface area (Å²) in [4.78, 5) is 14.9. The molecule has 6 nitrogen and oxygen atoms in total. The average Bonchev–Trinajstić information content (AvgIpc) is 3.50. The first-order valence-electron chi connectivity index (χ1n) is 10.6. The zero-order valence-corrected chi connectivity index (χ0v) is 17.8. The fraction of sp³-hybridized carbons (Fsp3) is 0.333. The summed E-state index contributed by atoms with van der Waals surface area (Å²) in [5.41, 5.74) is -2.45. The van der Waals surface area contributed by atoms with E-state index in [9.17, 15) is 28.2 Å². The minimum absolute atomic E-state index is 0.0310. The minimum Gasteiger partial charge on any atom is -0.394 e. The highest BCUT2D eigenvalue weighted by Crippen LogP contribution is 2.57. The van der Waals surface area contributed by atoms with E-state index in [0.717, 1.165) is 6.07 Å². The zero-order valence-electron chi connectivity index (χ0n) is 17.8. The molecular weight excluding hydrogens is 435 g/mol. The number of alkyl halides is 3. The summed E-state index contributed by atoms with van der Waals surface area (Å²) in [6.07, 6.45) is -0.507. The molecule has 172 valence electrons. The number of amides is 1. The third-order valence-electron chi connectivity index (χ3n) is 6.64. The molecule has 0 spiro atoms. The summed E-state index contributed by atoms with van der Waals surface area (Å²) in [6, 6.07) is 8.20. The van der Waals surface area contributed by atoms with Crippen molar-refractivity contribution < 1.29 is 28.2 Å². The van der Waals surface area contributed by atoms with Gasteiger partial charge in [-0.25, -0.2) is 0 Å². The predicted octanol–water partition coefficient (Wildman–Crippen LogP) is 3.46. The lowest BCUT2D eigenvalue weighted by atomic mass is 9.87. The van der Waals surface area contributed by atoms with Crippen molar-refractivity contribution in [3.8, 4) is 22.3 Å². The number of aliphatic hydroxyl groups excluding tert-OH is 1. The van der Waals surface area contributed by atoms with Gasteiger partial charge in [0.2, 0.25) is 5.60 Å². The summed E-state index contributed by atoms with van der Waals surface area (Å²) in [6.45, 7) is 0.192. The molecule has 0 bridgehead atoms. The van der Waals surface area contributed by atoms with Gasteiger partial charge >= 0.3 is 6.18 Å². The molecule has 2 aliphatic rings. The maximum Gasteiger partial charge on any atom is 0.425 e. The Morgan fingerprint density at radius 1 is 1.21 bits per heavy atom. The van der Waals surface area contributed by atoms with Crippen molar-refractivity contribution in [1.29, 1.82) is 0 Å². The number of aryl methyl sites for hydroxylation is 1. The van der Waals surface area contributed by atoms with Crippen LogP contribution in [0, 0.1) is 0 Å². The van der Waals surface area contributed by atoms with Gasteiger partial charge in [0.1, 0.15) is 0 Å². The lowest BCUT2D eigenvalue weighted by Crippen LogP contribution is -2.42. The zero-order chi connectivity index (χ0) is 23.5. The van der Waals surface area contributed by atoms with Crippen molar-refractivity contribution in [3.63, 3.8) is 0 Å². The molecule has 0 saturated carbocycles. The van der Waals surface area contributed by atoms with E-state index < -0.39 is 17.7 Å². The molecule has 9 heteroatoms. The molecule has 1 aliphatic heterocycles. The number of fused-ring (bicyclic) bond motifs is 3. The molecule has 2 aromatic carbocycles. The molecule has 2 heterocycles. The lowest BCUT2D eigenvalue weighted by molar-refractivity contribution is -0.246. The van der Waals surface area contributed by atoms with Crippen LogP contribution < -0.4 is 0 Å². The second-order valence-electron chi connectivity index (χ2n) is 8.58. The topological polar surface area (TPSA) is 78.6 Å². The summed E-state index contributed by atoms with van der Waals surface area (Å²) < 4.78 is 44.7. The van der Waals surface area contributed by atoms with Crippen LogP contribution in [0.1, 0.15) is 34.3 Å². The second-order valence-corrected chi connectivity index (χ2v) is 8.58. The standard InChI is InChI=1S/C24H22F3N3O3/c1-29-12-15(11-28-29)18-9-14(22(32)30-8-4-5-16(30)13-31)10-20-21(18)17-6-2-3-7-19(17)23(20,33)24(25,26)27/h2-3,6-7,9-12,16,31,33H,4-5,8,13H2,1H3/t16-,23?/m1/s1. The highest BCUT2D eigenvalue weighted by molar-refractivity contribution is 6.01. The van der Waals surface area contributed by atoms with Gasteiger partial charge < -0.3 is 15.1 Å².